The van der Waals surface area contributed by atoms with Crippen LogP contribution in [0.25, 0.3) is 0 Å². The molecule has 0 aromatic heterocycles. The Morgan fingerprint density at radius 3 is 1.29 bits per heavy atom. The lowest BCUT2D eigenvalue weighted by Crippen LogP contribution is -2.67. The Kier molecular flexibility index (Phi) is 33.9. The second-order valence-electron chi connectivity index (χ2n) is 19.8. The van der Waals surface area contributed by atoms with Crippen LogP contribution < -0.4 is 27.0 Å². The number of isothiocyanates is 1. The molecule has 2 fully saturated rings. The maximum Gasteiger partial charge on any atom is 0.407 e. The van der Waals surface area contributed by atoms with Gasteiger partial charge in [-0.15, -0.1) is 0 Å². The number of nitrogens with one attached hydrogen (secondary N) is 4. The third-order valence-corrected chi connectivity index (χ3v) is 10.3. The minimum absolute atomic E-state index is 0.0230. The first-order valence-electron chi connectivity index (χ1n) is 25.5. The van der Waals surface area contributed by atoms with E-state index in [0.29, 0.717) is 13.0 Å². The largest absolute Gasteiger partial charge is 0.463 e. The van der Waals surface area contributed by atoms with E-state index in [0.717, 1.165) is 60.8 Å². The van der Waals surface area contributed by atoms with Gasteiger partial charge in [0.2, 0.25) is 0 Å². The van der Waals surface area contributed by atoms with Crippen LogP contribution in [0.2, 0.25) is 0 Å². The Bertz CT molecular complexity index is 2130. The summed E-state index contributed by atoms with van der Waals surface area (Å²) in [4.78, 5) is 120. The summed E-state index contributed by atoms with van der Waals surface area (Å²) in [5.74, 6) is -5.58. The minimum Gasteiger partial charge on any atom is -0.463 e. The molecule has 12 unspecified atom stereocenters. The van der Waals surface area contributed by atoms with E-state index in [2.05, 4.69) is 50.6 Å². The minimum atomic E-state index is -1.33. The second kappa shape index (κ2) is 36.8. The Balaban J connectivity index is 0.00000133. The van der Waals surface area contributed by atoms with Crippen LogP contribution in [-0.2, 0) is 95.2 Å². The molecule has 30 heteroatoms. The van der Waals surface area contributed by atoms with Gasteiger partial charge >= 0.3 is 59.9 Å². The Labute approximate surface area is 477 Å². The predicted molar refractivity (Wildman–Crippen MR) is 288 cm³/mol. The topological polar surface area (TPSA) is 368 Å². The van der Waals surface area contributed by atoms with Gasteiger partial charge < -0.3 is 83.8 Å². The van der Waals surface area contributed by atoms with Crippen LogP contribution in [0.4, 0.5) is 9.59 Å². The van der Waals surface area contributed by atoms with E-state index in [9.17, 15) is 47.9 Å². The lowest BCUT2D eigenvalue weighted by Gasteiger charge is -2.44. The third-order valence-electron chi connectivity index (χ3n) is 9.92. The molecular formula is C50H82N6O22S2. The average Bonchev–Trinajstić information content (AvgIpc) is 3.29. The second-order valence-corrected chi connectivity index (χ2v) is 20.4. The van der Waals surface area contributed by atoms with Crippen molar-refractivity contribution < 1.29 is 105 Å². The molecule has 2 aliphatic heterocycles. The number of amides is 2. The average molecular weight is 1180 g/mol. The van der Waals surface area contributed by atoms with Gasteiger partial charge in [-0.2, -0.15) is 4.99 Å². The van der Waals surface area contributed by atoms with Gasteiger partial charge in [-0.25, -0.2) is 9.59 Å². The van der Waals surface area contributed by atoms with E-state index in [4.69, 9.17) is 74.8 Å². The molecule has 0 aromatic carbocycles. The molecule has 2 rings (SSSR count). The maximum atomic E-state index is 12.2. The van der Waals surface area contributed by atoms with E-state index in [1.165, 1.54) is 13.8 Å². The molecule has 0 spiro atoms. The smallest absolute Gasteiger partial charge is 0.407 e. The summed E-state index contributed by atoms with van der Waals surface area (Å²) >= 11 is 9.97. The fraction of sp³-hybridized carbons (Fsp3) is 0.760. The van der Waals surface area contributed by atoms with Crippen LogP contribution in [0.5, 0.6) is 0 Å². The van der Waals surface area contributed by atoms with Crippen LogP contribution in [0.1, 0.15) is 136 Å². The summed E-state index contributed by atoms with van der Waals surface area (Å²) in [5.41, 5.74) is 4.39. The Morgan fingerprint density at radius 1 is 0.550 bits per heavy atom. The monoisotopic (exact) mass is 1180 g/mol. The molecule has 0 bridgehead atoms. The fourth-order valence-electron chi connectivity index (χ4n) is 7.22. The Morgan fingerprint density at radius 2 is 0.912 bits per heavy atom. The zero-order valence-corrected chi connectivity index (χ0v) is 50.0. The van der Waals surface area contributed by atoms with Crippen molar-refractivity contribution in [3.05, 3.63) is 0 Å². The number of hydrogen-bond acceptors (Lipinski definition) is 26. The van der Waals surface area contributed by atoms with Crippen molar-refractivity contribution in [1.82, 2.24) is 21.3 Å². The highest BCUT2D eigenvalue weighted by atomic mass is 32.1. The number of aliphatic imine (C=N–C) groups is 1. The predicted octanol–water partition coefficient (Wildman–Crippen LogP) is 3.04. The summed E-state index contributed by atoms with van der Waals surface area (Å²) in [6.07, 6.45) is -9.92. The Hall–Kier alpha value is -6.33. The molecule has 0 aliphatic carbocycles. The molecular weight excluding hydrogens is 1100 g/mol. The van der Waals surface area contributed by atoms with Gasteiger partial charge in [0.1, 0.15) is 36.6 Å². The first kappa shape index (κ1) is 73.7. The molecule has 80 heavy (non-hydrogen) atoms. The molecule has 28 nitrogen and oxygen atoms in total. The van der Waals surface area contributed by atoms with E-state index in [1.807, 2.05) is 27.7 Å². The molecule has 2 aliphatic rings. The van der Waals surface area contributed by atoms with Crippen molar-refractivity contribution in [2.75, 3.05) is 26.3 Å². The summed E-state index contributed by atoms with van der Waals surface area (Å²) in [6, 6.07) is -0.315. The zero-order chi connectivity index (χ0) is 61.7. The van der Waals surface area contributed by atoms with Gasteiger partial charge in [-0.05, 0) is 78.8 Å². The molecule has 6 N–H and O–H groups in total. The van der Waals surface area contributed by atoms with Gasteiger partial charge in [0.15, 0.2) is 54.2 Å². The van der Waals surface area contributed by atoms with Crippen molar-refractivity contribution in [3.8, 4) is 0 Å². The van der Waals surface area contributed by atoms with Gasteiger partial charge in [0.25, 0.3) is 0 Å². The lowest BCUT2D eigenvalue weighted by molar-refractivity contribution is -0.254. The van der Waals surface area contributed by atoms with Crippen LogP contribution >= 0.6 is 24.4 Å². The molecule has 2 saturated heterocycles. The number of alkyl carbamates (subject to hydrolysis) is 2. The third kappa shape index (κ3) is 32.1. The summed E-state index contributed by atoms with van der Waals surface area (Å²) < 4.78 is 63.6. The van der Waals surface area contributed by atoms with Gasteiger partial charge in [-0.1, -0.05) is 26.7 Å². The molecule has 0 aromatic rings. The zero-order valence-electron chi connectivity index (χ0n) is 48.4. The molecule has 0 saturated carbocycles. The maximum absolute atomic E-state index is 12.2. The van der Waals surface area contributed by atoms with Crippen molar-refractivity contribution in [2.45, 2.75) is 221 Å². The molecule has 12 atom stereocenters. The normalized spacial score (nSPS) is 22.8. The summed E-state index contributed by atoms with van der Waals surface area (Å²) in [7, 11) is 0. The number of hydrogen-bond donors (Lipinski definition) is 5. The summed E-state index contributed by atoms with van der Waals surface area (Å²) in [5, 5.41) is 13.5. The van der Waals surface area contributed by atoms with Crippen molar-refractivity contribution in [2.24, 2.45) is 10.7 Å². The van der Waals surface area contributed by atoms with Crippen LogP contribution in [0.15, 0.2) is 4.99 Å². The highest BCUT2D eigenvalue weighted by molar-refractivity contribution is 7.80. The van der Waals surface area contributed by atoms with Gasteiger partial charge in [-0.3, -0.25) is 38.4 Å². The first-order valence-corrected chi connectivity index (χ1v) is 26.3. The summed E-state index contributed by atoms with van der Waals surface area (Å²) in [6.45, 7) is 23.9. The lowest BCUT2D eigenvalue weighted by atomic mass is 9.97. The molecule has 2 amide bonds. The standard InChI is InChI=1S/C25H41N3O11S.C15H19NO9S.C10H22N2O2/c1-9-10-17(27-24(33)39-25(6,7)8)11-26-23(40)28-22-21(37-16(5)32)20(36-15(4)31)19(35-14(3)30)18(38-22)12-34-13(2)29;1-7(17)21-5-11-12(22-8(2)18)13(23-9(3)19)14(24-10(4)20)15(25-11)16-6-26;1-5-6-8(7-11)12-9(13)14-10(2,3)4/h17-22H,9-12H2,1-8H3,(H,27,33)(H2,26,28,40);11-15H,5H2,1-4H3;8H,5-7,11H2,1-4H3,(H,12,13). The number of ether oxygens (including phenoxy) is 12. The van der Waals surface area contributed by atoms with Crippen LogP contribution in [0, 0.1) is 0 Å². The number of carbonyl (C=O) groups excluding carboxylic acids is 10. The van der Waals surface area contributed by atoms with E-state index in [1.54, 1.807) is 20.8 Å². The highest BCUT2D eigenvalue weighted by Crippen LogP contribution is 2.31. The molecule has 2 heterocycles. The van der Waals surface area contributed by atoms with Crippen molar-refractivity contribution >= 4 is 94.7 Å². The van der Waals surface area contributed by atoms with Crippen molar-refractivity contribution in [1.29, 1.82) is 0 Å². The first-order chi connectivity index (χ1) is 37.1. The fourth-order valence-corrected chi connectivity index (χ4v) is 7.53. The molecule has 0 radical (unpaired) electrons. The van der Waals surface area contributed by atoms with E-state index < -0.39 is 126 Å². The van der Waals surface area contributed by atoms with E-state index >= 15 is 0 Å². The van der Waals surface area contributed by atoms with Gasteiger partial charge in [0, 0.05) is 80.6 Å². The number of nitrogens with zero attached hydrogens (tertiary/aromatic N) is 1. The highest BCUT2D eigenvalue weighted by Gasteiger charge is 2.54. The van der Waals surface area contributed by atoms with Crippen molar-refractivity contribution in [3.63, 3.8) is 0 Å². The molecule has 456 valence electrons. The van der Waals surface area contributed by atoms with E-state index in [-0.39, 0.29) is 43.0 Å². The number of esters is 8. The number of carbonyl (C=O) groups is 10. The van der Waals surface area contributed by atoms with Gasteiger partial charge in [0.05, 0.1) is 5.16 Å². The SMILES string of the molecule is CC(=O)OCC1OC(N=C=S)C(OC(C)=O)C(OC(C)=O)C1OC(C)=O.CCCC(CN)NC(=O)OC(C)(C)C.CCCC(CNC(=S)NC1OC(COC(C)=O)C(OC(C)=O)C(OC(C)=O)C1OC(C)=O)NC(=O)OC(C)(C)C. The quantitative estimate of drug-likeness (QED) is 0.0477. The number of thiocarbonyl (C=S) groups is 2. The number of rotatable bonds is 21. The van der Waals surface area contributed by atoms with Crippen LogP contribution in [0.3, 0.4) is 0 Å². The number of nitrogens with two attached hydrogens (primary N) is 1. The van der Waals surface area contributed by atoms with Crippen LogP contribution in [-0.4, -0.2) is 181 Å².